The van der Waals surface area contributed by atoms with E-state index in [4.69, 9.17) is 11.6 Å². The number of likely N-dealkylation sites (tertiary alicyclic amines) is 1. The molecule has 1 saturated heterocycles. The molecule has 2 nitrogen and oxygen atoms in total. The van der Waals surface area contributed by atoms with Crippen LogP contribution in [-0.4, -0.2) is 41.1 Å². The minimum atomic E-state index is -0.220. The monoisotopic (exact) mass is 371 g/mol. The van der Waals surface area contributed by atoms with Crippen molar-refractivity contribution >= 4 is 11.6 Å². The van der Waals surface area contributed by atoms with Gasteiger partial charge in [0.15, 0.2) is 0 Å². The lowest BCUT2D eigenvalue weighted by Crippen LogP contribution is -2.48. The number of alkyl halides is 1. The topological polar surface area (TPSA) is 23.5 Å². The first kappa shape index (κ1) is 19.4. The number of hydrogen-bond donors (Lipinski definition) is 1. The van der Waals surface area contributed by atoms with E-state index in [9.17, 15) is 5.11 Å². The van der Waals surface area contributed by atoms with Crippen molar-refractivity contribution in [2.24, 2.45) is 0 Å². The van der Waals surface area contributed by atoms with Crippen LogP contribution in [0.1, 0.15) is 47.4 Å². The van der Waals surface area contributed by atoms with Crippen molar-refractivity contribution < 1.29 is 5.11 Å². The SMILES string of the molecule is Cc1ccccc1C(c1ccccc1C)C1CC(O)CCN1CCCCl. The third-order valence-electron chi connectivity index (χ3n) is 5.74. The van der Waals surface area contributed by atoms with Crippen LogP contribution in [0, 0.1) is 13.8 Å². The molecule has 0 saturated carbocycles. The van der Waals surface area contributed by atoms with Crippen molar-refractivity contribution in [2.45, 2.75) is 51.2 Å². The van der Waals surface area contributed by atoms with Gasteiger partial charge < -0.3 is 5.11 Å². The zero-order chi connectivity index (χ0) is 18.5. The normalized spacial score (nSPS) is 21.3. The fourth-order valence-electron chi connectivity index (χ4n) is 4.37. The second-order valence-electron chi connectivity index (χ2n) is 7.51. The van der Waals surface area contributed by atoms with Gasteiger partial charge in [0.25, 0.3) is 0 Å². The largest absolute Gasteiger partial charge is 0.393 e. The van der Waals surface area contributed by atoms with Gasteiger partial charge in [-0.15, -0.1) is 11.6 Å². The maximum Gasteiger partial charge on any atom is 0.0567 e. The molecule has 3 heteroatoms. The molecule has 2 atom stereocenters. The molecule has 1 aliphatic heterocycles. The van der Waals surface area contributed by atoms with Crippen molar-refractivity contribution in [2.75, 3.05) is 19.0 Å². The molecule has 2 aromatic carbocycles. The Kier molecular flexibility index (Phi) is 6.74. The van der Waals surface area contributed by atoms with Gasteiger partial charge in [-0.1, -0.05) is 48.5 Å². The van der Waals surface area contributed by atoms with Gasteiger partial charge in [0.2, 0.25) is 0 Å². The Hall–Kier alpha value is -1.35. The quantitative estimate of drug-likeness (QED) is 0.731. The zero-order valence-corrected chi connectivity index (χ0v) is 16.6. The van der Waals surface area contributed by atoms with E-state index in [1.165, 1.54) is 22.3 Å². The third kappa shape index (κ3) is 4.31. The lowest BCUT2D eigenvalue weighted by molar-refractivity contribution is 0.0351. The van der Waals surface area contributed by atoms with E-state index in [0.29, 0.717) is 11.9 Å². The maximum atomic E-state index is 10.5. The van der Waals surface area contributed by atoms with E-state index in [-0.39, 0.29) is 12.0 Å². The van der Waals surface area contributed by atoms with Crippen LogP contribution in [0.15, 0.2) is 48.5 Å². The van der Waals surface area contributed by atoms with Gasteiger partial charge in [-0.05, 0) is 61.9 Å². The van der Waals surface area contributed by atoms with Crippen LogP contribution >= 0.6 is 11.6 Å². The van der Waals surface area contributed by atoms with Gasteiger partial charge in [-0.2, -0.15) is 0 Å². The van der Waals surface area contributed by atoms with Crippen LogP contribution < -0.4 is 0 Å². The van der Waals surface area contributed by atoms with E-state index in [2.05, 4.69) is 67.3 Å². The fraction of sp³-hybridized carbons (Fsp3) is 0.478. The van der Waals surface area contributed by atoms with Gasteiger partial charge in [0.05, 0.1) is 6.10 Å². The predicted octanol–water partition coefficient (Wildman–Crippen LogP) is 4.89. The molecule has 140 valence electrons. The van der Waals surface area contributed by atoms with Crippen LogP contribution in [-0.2, 0) is 0 Å². The van der Waals surface area contributed by atoms with E-state index in [0.717, 1.165) is 32.4 Å². The Morgan fingerprint density at radius 1 is 1.04 bits per heavy atom. The Balaban J connectivity index is 2.06. The Morgan fingerprint density at radius 2 is 1.62 bits per heavy atom. The zero-order valence-electron chi connectivity index (χ0n) is 15.9. The van der Waals surface area contributed by atoms with E-state index in [1.54, 1.807) is 0 Å². The first-order valence-corrected chi connectivity index (χ1v) is 10.2. The first-order chi connectivity index (χ1) is 12.6. The van der Waals surface area contributed by atoms with E-state index < -0.39 is 0 Å². The summed E-state index contributed by atoms with van der Waals surface area (Å²) < 4.78 is 0. The number of hydrogen-bond acceptors (Lipinski definition) is 2. The van der Waals surface area contributed by atoms with Gasteiger partial charge in [0, 0.05) is 24.4 Å². The molecule has 0 spiro atoms. The molecule has 26 heavy (non-hydrogen) atoms. The number of aryl methyl sites for hydroxylation is 2. The standard InChI is InChI=1S/C23H30ClNO/c1-17-8-3-5-10-20(17)23(21-11-6-4-9-18(21)2)22-16-19(26)12-15-25(22)14-7-13-24/h3-6,8-11,19,22-23,26H,7,12-16H2,1-2H3. The van der Waals surface area contributed by atoms with Crippen LogP contribution in [0.4, 0.5) is 0 Å². The summed E-state index contributed by atoms with van der Waals surface area (Å²) >= 11 is 5.99. The van der Waals surface area contributed by atoms with Gasteiger partial charge >= 0.3 is 0 Å². The molecular formula is C23H30ClNO. The van der Waals surface area contributed by atoms with Crippen LogP contribution in [0.25, 0.3) is 0 Å². The average molecular weight is 372 g/mol. The summed E-state index contributed by atoms with van der Waals surface area (Å²) in [6.07, 6.45) is 2.44. The molecular weight excluding hydrogens is 342 g/mol. The summed E-state index contributed by atoms with van der Waals surface area (Å²) in [4.78, 5) is 2.55. The smallest absolute Gasteiger partial charge is 0.0567 e. The molecule has 2 unspecified atom stereocenters. The minimum Gasteiger partial charge on any atom is -0.393 e. The second-order valence-corrected chi connectivity index (χ2v) is 7.89. The number of halogens is 1. The van der Waals surface area contributed by atoms with Gasteiger partial charge in [-0.25, -0.2) is 0 Å². The van der Waals surface area contributed by atoms with Crippen molar-refractivity contribution in [1.29, 1.82) is 0 Å². The number of benzene rings is 2. The first-order valence-electron chi connectivity index (χ1n) is 9.71. The number of aliphatic hydroxyl groups excluding tert-OH is 1. The Labute approximate surface area is 162 Å². The van der Waals surface area contributed by atoms with Crippen molar-refractivity contribution in [3.63, 3.8) is 0 Å². The summed E-state index contributed by atoms with van der Waals surface area (Å²) in [5, 5.41) is 10.5. The lowest BCUT2D eigenvalue weighted by Gasteiger charge is -2.43. The van der Waals surface area contributed by atoms with Crippen molar-refractivity contribution in [3.8, 4) is 0 Å². The van der Waals surface area contributed by atoms with Crippen molar-refractivity contribution in [1.82, 2.24) is 4.90 Å². The highest BCUT2D eigenvalue weighted by Crippen LogP contribution is 2.38. The second kappa shape index (κ2) is 9.03. The third-order valence-corrected chi connectivity index (χ3v) is 6.01. The average Bonchev–Trinajstić information content (AvgIpc) is 2.64. The van der Waals surface area contributed by atoms with Gasteiger partial charge in [0.1, 0.15) is 0 Å². The molecule has 1 fully saturated rings. The molecule has 2 aromatic rings. The fourth-order valence-corrected chi connectivity index (χ4v) is 4.49. The number of nitrogens with zero attached hydrogens (tertiary/aromatic N) is 1. The predicted molar refractivity (Wildman–Crippen MR) is 110 cm³/mol. The molecule has 3 rings (SSSR count). The minimum absolute atomic E-state index is 0.220. The summed E-state index contributed by atoms with van der Waals surface area (Å²) in [5.74, 6) is 0.952. The van der Waals surface area contributed by atoms with Crippen molar-refractivity contribution in [3.05, 3.63) is 70.8 Å². The summed E-state index contributed by atoms with van der Waals surface area (Å²) in [6, 6.07) is 17.7. The molecule has 0 aromatic heterocycles. The molecule has 0 amide bonds. The number of aliphatic hydroxyl groups is 1. The van der Waals surface area contributed by atoms with E-state index >= 15 is 0 Å². The Morgan fingerprint density at radius 3 is 2.15 bits per heavy atom. The molecule has 0 bridgehead atoms. The highest BCUT2D eigenvalue weighted by molar-refractivity contribution is 6.17. The molecule has 1 heterocycles. The van der Waals surface area contributed by atoms with E-state index in [1.807, 2.05) is 0 Å². The summed E-state index contributed by atoms with van der Waals surface area (Å²) in [5.41, 5.74) is 5.38. The molecule has 0 radical (unpaired) electrons. The van der Waals surface area contributed by atoms with Crippen LogP contribution in [0.5, 0.6) is 0 Å². The molecule has 1 N–H and O–H groups in total. The molecule has 0 aliphatic carbocycles. The maximum absolute atomic E-state index is 10.5. The summed E-state index contributed by atoms with van der Waals surface area (Å²) in [6.45, 7) is 6.33. The number of rotatable bonds is 6. The van der Waals surface area contributed by atoms with Crippen LogP contribution in [0.2, 0.25) is 0 Å². The number of piperidine rings is 1. The Bertz CT molecular complexity index is 669. The van der Waals surface area contributed by atoms with Crippen LogP contribution in [0.3, 0.4) is 0 Å². The lowest BCUT2D eigenvalue weighted by atomic mass is 9.77. The highest BCUT2D eigenvalue weighted by atomic mass is 35.5. The van der Waals surface area contributed by atoms with Gasteiger partial charge in [-0.3, -0.25) is 4.90 Å². The molecule has 1 aliphatic rings. The summed E-state index contributed by atoms with van der Waals surface area (Å²) in [7, 11) is 0. The highest BCUT2D eigenvalue weighted by Gasteiger charge is 2.35.